The number of hydrogen-bond donors (Lipinski definition) is 0. The van der Waals surface area contributed by atoms with E-state index in [1.807, 2.05) is 31.2 Å². The van der Waals surface area contributed by atoms with Gasteiger partial charge in [-0.2, -0.15) is 0 Å². The van der Waals surface area contributed by atoms with Crippen LogP contribution in [0.2, 0.25) is 0 Å². The Labute approximate surface area is 127 Å². The molecule has 4 nitrogen and oxygen atoms in total. The molecule has 4 heteroatoms. The number of benzene rings is 2. The Morgan fingerprint density at radius 2 is 1.82 bits per heavy atom. The van der Waals surface area contributed by atoms with Crippen molar-refractivity contribution in [1.29, 1.82) is 0 Å². The second-order valence-electron chi connectivity index (χ2n) is 5.03. The van der Waals surface area contributed by atoms with Gasteiger partial charge in [0.2, 0.25) is 5.76 Å². The summed E-state index contributed by atoms with van der Waals surface area (Å²) in [7, 11) is 0. The number of ether oxygens (including phenoxy) is 1. The van der Waals surface area contributed by atoms with Gasteiger partial charge >= 0.3 is 5.97 Å². The highest BCUT2D eigenvalue weighted by atomic mass is 16.5. The Morgan fingerprint density at radius 1 is 1.09 bits per heavy atom. The Bertz CT molecular complexity index is 875. The minimum absolute atomic E-state index is 0.0872. The summed E-state index contributed by atoms with van der Waals surface area (Å²) >= 11 is 0. The van der Waals surface area contributed by atoms with E-state index in [0.29, 0.717) is 11.0 Å². The fourth-order valence-electron chi connectivity index (χ4n) is 2.11. The van der Waals surface area contributed by atoms with Crippen molar-refractivity contribution < 1.29 is 13.9 Å². The molecule has 1 aromatic heterocycles. The van der Waals surface area contributed by atoms with Gasteiger partial charge in [0.05, 0.1) is 5.39 Å². The molecule has 0 aliphatic carbocycles. The van der Waals surface area contributed by atoms with E-state index in [1.54, 1.807) is 24.3 Å². The number of esters is 1. The summed E-state index contributed by atoms with van der Waals surface area (Å²) in [4.78, 5) is 24.0. The van der Waals surface area contributed by atoms with E-state index in [9.17, 15) is 9.59 Å². The SMILES string of the molecule is Cc1ccc(COC(=O)c2cc(=O)c3ccccc3o2)cc1. The van der Waals surface area contributed by atoms with Gasteiger partial charge < -0.3 is 9.15 Å². The highest BCUT2D eigenvalue weighted by Crippen LogP contribution is 2.13. The molecule has 0 aliphatic heterocycles. The number of para-hydroxylation sites is 1. The minimum Gasteiger partial charge on any atom is -0.455 e. The van der Waals surface area contributed by atoms with Gasteiger partial charge in [-0.25, -0.2) is 4.79 Å². The Kier molecular flexibility index (Phi) is 3.74. The lowest BCUT2D eigenvalue weighted by atomic mass is 10.2. The molecule has 2 aromatic carbocycles. The zero-order chi connectivity index (χ0) is 15.5. The molecule has 22 heavy (non-hydrogen) atoms. The third-order valence-electron chi connectivity index (χ3n) is 3.33. The molecule has 0 saturated heterocycles. The maximum absolute atomic E-state index is 12.0. The van der Waals surface area contributed by atoms with Crippen molar-refractivity contribution in [3.63, 3.8) is 0 Å². The summed E-state index contributed by atoms with van der Waals surface area (Å²) in [5.74, 6) is -0.737. The van der Waals surface area contributed by atoms with Crippen LogP contribution in [-0.2, 0) is 11.3 Å². The number of rotatable bonds is 3. The maximum atomic E-state index is 12.0. The van der Waals surface area contributed by atoms with E-state index < -0.39 is 5.97 Å². The highest BCUT2D eigenvalue weighted by molar-refractivity contribution is 5.88. The standard InChI is InChI=1S/C18H14O4/c1-12-6-8-13(9-7-12)11-21-18(20)17-10-15(19)14-4-2-3-5-16(14)22-17/h2-10H,11H2,1H3. The molecule has 1 heterocycles. The second-order valence-corrected chi connectivity index (χ2v) is 5.03. The summed E-state index contributed by atoms with van der Waals surface area (Å²) < 4.78 is 10.6. The molecule has 0 fully saturated rings. The van der Waals surface area contributed by atoms with E-state index in [-0.39, 0.29) is 17.8 Å². The normalized spacial score (nSPS) is 10.6. The van der Waals surface area contributed by atoms with Crippen LogP contribution in [-0.4, -0.2) is 5.97 Å². The first kappa shape index (κ1) is 14.1. The summed E-state index contributed by atoms with van der Waals surface area (Å²) in [5.41, 5.74) is 2.12. The third kappa shape index (κ3) is 2.91. The third-order valence-corrected chi connectivity index (χ3v) is 3.33. The fourth-order valence-corrected chi connectivity index (χ4v) is 2.11. The smallest absolute Gasteiger partial charge is 0.374 e. The number of fused-ring (bicyclic) bond motifs is 1. The van der Waals surface area contributed by atoms with Gasteiger partial charge in [0.1, 0.15) is 12.2 Å². The summed E-state index contributed by atoms with van der Waals surface area (Å²) in [6.07, 6.45) is 0. The van der Waals surface area contributed by atoms with Crippen LogP contribution in [0.5, 0.6) is 0 Å². The van der Waals surface area contributed by atoms with Crippen LogP contribution in [0.15, 0.2) is 63.8 Å². The van der Waals surface area contributed by atoms with Crippen LogP contribution < -0.4 is 5.43 Å². The van der Waals surface area contributed by atoms with Crippen LogP contribution in [0.4, 0.5) is 0 Å². The van der Waals surface area contributed by atoms with Crippen molar-refractivity contribution in [3.05, 3.63) is 81.7 Å². The zero-order valence-corrected chi connectivity index (χ0v) is 12.0. The van der Waals surface area contributed by atoms with E-state index in [2.05, 4.69) is 0 Å². The van der Waals surface area contributed by atoms with Gasteiger partial charge in [-0.15, -0.1) is 0 Å². The molecule has 0 unspecified atom stereocenters. The summed E-state index contributed by atoms with van der Waals surface area (Å²) in [6.45, 7) is 2.12. The first-order valence-electron chi connectivity index (χ1n) is 6.89. The molecule has 0 bridgehead atoms. The van der Waals surface area contributed by atoms with Gasteiger partial charge in [-0.3, -0.25) is 4.79 Å². The zero-order valence-electron chi connectivity index (χ0n) is 12.0. The van der Waals surface area contributed by atoms with Crippen molar-refractivity contribution in [1.82, 2.24) is 0 Å². The van der Waals surface area contributed by atoms with Crippen molar-refractivity contribution in [2.24, 2.45) is 0 Å². The average molecular weight is 294 g/mol. The Balaban J connectivity index is 1.80. The van der Waals surface area contributed by atoms with Gasteiger partial charge in [-0.05, 0) is 24.6 Å². The molecule has 0 saturated carbocycles. The molecular weight excluding hydrogens is 280 g/mol. The number of carbonyl (C=O) groups is 1. The van der Waals surface area contributed by atoms with Crippen molar-refractivity contribution in [2.75, 3.05) is 0 Å². The first-order chi connectivity index (χ1) is 10.6. The van der Waals surface area contributed by atoms with Crippen LogP contribution in [0, 0.1) is 6.92 Å². The molecule has 0 aliphatic rings. The first-order valence-corrected chi connectivity index (χ1v) is 6.89. The average Bonchev–Trinajstić information content (AvgIpc) is 2.54. The monoisotopic (exact) mass is 294 g/mol. The maximum Gasteiger partial charge on any atom is 0.374 e. The lowest BCUT2D eigenvalue weighted by Gasteiger charge is -2.05. The predicted octanol–water partition coefficient (Wildman–Crippen LogP) is 3.46. The summed E-state index contributed by atoms with van der Waals surface area (Å²) in [5, 5.41) is 0.442. The fraction of sp³-hybridized carbons (Fsp3) is 0.111. The van der Waals surface area contributed by atoms with E-state index in [1.165, 1.54) is 6.07 Å². The lowest BCUT2D eigenvalue weighted by Crippen LogP contribution is -2.10. The molecule has 110 valence electrons. The van der Waals surface area contributed by atoms with E-state index in [4.69, 9.17) is 9.15 Å². The number of carbonyl (C=O) groups excluding carboxylic acids is 1. The van der Waals surface area contributed by atoms with E-state index in [0.717, 1.165) is 11.1 Å². The Hall–Kier alpha value is -2.88. The molecule has 0 N–H and O–H groups in total. The topological polar surface area (TPSA) is 56.5 Å². The highest BCUT2D eigenvalue weighted by Gasteiger charge is 2.13. The van der Waals surface area contributed by atoms with Gasteiger partial charge in [0.25, 0.3) is 0 Å². The second kappa shape index (κ2) is 5.85. The van der Waals surface area contributed by atoms with Crippen LogP contribution in [0.25, 0.3) is 11.0 Å². The predicted molar refractivity (Wildman–Crippen MR) is 82.8 cm³/mol. The molecular formula is C18H14O4. The molecule has 0 spiro atoms. The minimum atomic E-state index is -0.650. The molecule has 3 aromatic rings. The quantitative estimate of drug-likeness (QED) is 0.694. The molecule has 0 atom stereocenters. The number of aryl methyl sites for hydroxylation is 1. The van der Waals surface area contributed by atoms with Gasteiger partial charge in [0.15, 0.2) is 5.43 Å². The van der Waals surface area contributed by atoms with Gasteiger partial charge in [-0.1, -0.05) is 42.0 Å². The number of hydrogen-bond acceptors (Lipinski definition) is 4. The van der Waals surface area contributed by atoms with E-state index >= 15 is 0 Å². The van der Waals surface area contributed by atoms with Crippen molar-refractivity contribution >= 4 is 16.9 Å². The van der Waals surface area contributed by atoms with Crippen LogP contribution in [0.1, 0.15) is 21.7 Å². The van der Waals surface area contributed by atoms with Crippen LogP contribution in [0.3, 0.4) is 0 Å². The molecule has 0 amide bonds. The molecule has 3 rings (SSSR count). The van der Waals surface area contributed by atoms with Gasteiger partial charge in [0, 0.05) is 6.07 Å². The van der Waals surface area contributed by atoms with Crippen LogP contribution >= 0.6 is 0 Å². The largest absolute Gasteiger partial charge is 0.455 e. The Morgan fingerprint density at radius 3 is 2.59 bits per heavy atom. The van der Waals surface area contributed by atoms with Crippen molar-refractivity contribution in [3.8, 4) is 0 Å². The summed E-state index contributed by atoms with van der Waals surface area (Å²) in [6, 6.07) is 15.6. The lowest BCUT2D eigenvalue weighted by molar-refractivity contribution is 0.0436. The molecule has 0 radical (unpaired) electrons. The van der Waals surface area contributed by atoms with Crippen molar-refractivity contribution in [2.45, 2.75) is 13.5 Å².